The van der Waals surface area contributed by atoms with Gasteiger partial charge >= 0.3 is 0 Å². The van der Waals surface area contributed by atoms with E-state index in [9.17, 15) is 14.4 Å². The maximum Gasteiger partial charge on any atom is 0.294 e. The lowest BCUT2D eigenvalue weighted by Crippen LogP contribution is -2.36. The molecule has 36 heavy (non-hydrogen) atoms. The van der Waals surface area contributed by atoms with E-state index in [2.05, 4.69) is 5.32 Å². The molecule has 0 bridgehead atoms. The number of carbonyl (C=O) groups is 3. The van der Waals surface area contributed by atoms with Crippen LogP contribution in [-0.2, 0) is 22.6 Å². The van der Waals surface area contributed by atoms with E-state index >= 15 is 0 Å². The Kier molecular flexibility index (Phi) is 8.36. The van der Waals surface area contributed by atoms with Crippen LogP contribution in [0.25, 0.3) is 6.08 Å². The number of nitrogens with one attached hydrogen (secondary N) is 1. The van der Waals surface area contributed by atoms with Crippen LogP contribution in [0, 0.1) is 0 Å². The number of carbonyl (C=O) groups excluding carboxylic acids is 3. The maximum absolute atomic E-state index is 12.9. The van der Waals surface area contributed by atoms with Crippen LogP contribution in [0.5, 0.6) is 5.75 Å². The standard InChI is InChI=1S/C27H22Cl2N2O4S/c1-2-17-7-11-21(12-8-17)30-25(32)15-31-26(33)24(36-27(31)34)13-18-5-3-4-6-23(18)35-16-19-9-10-20(28)14-22(19)29/h3-14H,2,15-16H2,1H3,(H,30,32)/b24-13+. The van der Waals surface area contributed by atoms with E-state index < -0.39 is 17.1 Å². The Morgan fingerprint density at radius 3 is 2.53 bits per heavy atom. The number of hydrogen-bond donors (Lipinski definition) is 1. The molecule has 1 aliphatic heterocycles. The Hall–Kier alpha value is -3.26. The Labute approximate surface area is 223 Å². The van der Waals surface area contributed by atoms with Gasteiger partial charge in [0.15, 0.2) is 0 Å². The Balaban J connectivity index is 1.44. The summed E-state index contributed by atoms with van der Waals surface area (Å²) in [6.45, 7) is 1.87. The van der Waals surface area contributed by atoms with Crippen molar-refractivity contribution in [2.45, 2.75) is 20.0 Å². The van der Waals surface area contributed by atoms with Crippen molar-refractivity contribution in [3.8, 4) is 5.75 Å². The van der Waals surface area contributed by atoms with E-state index in [1.807, 2.05) is 19.1 Å². The average molecular weight is 541 g/mol. The van der Waals surface area contributed by atoms with Crippen LogP contribution in [0.15, 0.2) is 71.6 Å². The number of benzene rings is 3. The molecule has 3 aromatic rings. The molecule has 0 aromatic heterocycles. The fraction of sp³-hybridized carbons (Fsp3) is 0.148. The topological polar surface area (TPSA) is 75.7 Å². The highest BCUT2D eigenvalue weighted by Crippen LogP contribution is 2.34. The Morgan fingerprint density at radius 1 is 1.06 bits per heavy atom. The highest BCUT2D eigenvalue weighted by molar-refractivity contribution is 8.18. The van der Waals surface area contributed by atoms with Crippen molar-refractivity contribution < 1.29 is 19.1 Å². The van der Waals surface area contributed by atoms with Crippen molar-refractivity contribution in [1.82, 2.24) is 4.90 Å². The Bertz CT molecular complexity index is 1340. The minimum absolute atomic E-state index is 0.196. The Morgan fingerprint density at radius 2 is 1.81 bits per heavy atom. The first-order chi connectivity index (χ1) is 17.3. The predicted octanol–water partition coefficient (Wildman–Crippen LogP) is 6.81. The van der Waals surface area contributed by atoms with Gasteiger partial charge < -0.3 is 10.1 Å². The van der Waals surface area contributed by atoms with Gasteiger partial charge in [-0.3, -0.25) is 19.3 Å². The van der Waals surface area contributed by atoms with E-state index in [0.717, 1.165) is 34.2 Å². The lowest BCUT2D eigenvalue weighted by molar-refractivity contribution is -0.127. The van der Waals surface area contributed by atoms with E-state index in [4.69, 9.17) is 27.9 Å². The second-order valence-electron chi connectivity index (χ2n) is 7.93. The van der Waals surface area contributed by atoms with Crippen molar-refractivity contribution in [3.63, 3.8) is 0 Å². The van der Waals surface area contributed by atoms with Gasteiger partial charge in [0.2, 0.25) is 5.91 Å². The molecule has 0 aliphatic carbocycles. The van der Waals surface area contributed by atoms with Gasteiger partial charge in [-0.25, -0.2) is 0 Å². The number of amides is 3. The molecule has 0 atom stereocenters. The first-order valence-corrected chi connectivity index (χ1v) is 12.7. The smallest absolute Gasteiger partial charge is 0.294 e. The van der Waals surface area contributed by atoms with Crippen LogP contribution in [0.2, 0.25) is 10.0 Å². The first kappa shape index (κ1) is 25.8. The van der Waals surface area contributed by atoms with Gasteiger partial charge in [-0.05, 0) is 60.2 Å². The predicted molar refractivity (Wildman–Crippen MR) is 144 cm³/mol. The molecule has 4 rings (SSSR count). The molecule has 0 saturated carbocycles. The van der Waals surface area contributed by atoms with Crippen LogP contribution in [-0.4, -0.2) is 28.5 Å². The molecular formula is C27H22Cl2N2O4S. The largest absolute Gasteiger partial charge is 0.488 e. The maximum atomic E-state index is 12.9. The number of halogens is 2. The van der Waals surface area contributed by atoms with E-state index in [1.54, 1.807) is 60.7 Å². The van der Waals surface area contributed by atoms with Crippen LogP contribution in [0.3, 0.4) is 0 Å². The molecule has 3 amide bonds. The molecule has 0 unspecified atom stereocenters. The number of aryl methyl sites for hydroxylation is 1. The second kappa shape index (κ2) is 11.6. The van der Waals surface area contributed by atoms with Gasteiger partial charge in [-0.15, -0.1) is 0 Å². The minimum atomic E-state index is -0.531. The zero-order chi connectivity index (χ0) is 25.7. The lowest BCUT2D eigenvalue weighted by Gasteiger charge is -2.13. The third-order valence-corrected chi connectivity index (χ3v) is 6.92. The molecule has 1 N–H and O–H groups in total. The van der Waals surface area contributed by atoms with Crippen molar-refractivity contribution in [3.05, 3.63) is 98.4 Å². The third kappa shape index (κ3) is 6.29. The molecule has 0 spiro atoms. The monoisotopic (exact) mass is 540 g/mol. The normalized spacial score (nSPS) is 14.4. The van der Waals surface area contributed by atoms with Gasteiger partial charge in [0.05, 0.1) is 4.91 Å². The van der Waals surface area contributed by atoms with Crippen molar-refractivity contribution >= 4 is 63.8 Å². The highest BCUT2D eigenvalue weighted by atomic mass is 35.5. The van der Waals surface area contributed by atoms with Crippen LogP contribution >= 0.6 is 35.0 Å². The van der Waals surface area contributed by atoms with Gasteiger partial charge in [-0.2, -0.15) is 0 Å². The van der Waals surface area contributed by atoms with Crippen LogP contribution in [0.1, 0.15) is 23.6 Å². The number of ether oxygens (including phenoxy) is 1. The fourth-order valence-corrected chi connectivity index (χ4v) is 4.76. The summed E-state index contributed by atoms with van der Waals surface area (Å²) in [5.41, 5.74) is 3.12. The summed E-state index contributed by atoms with van der Waals surface area (Å²) < 4.78 is 5.94. The minimum Gasteiger partial charge on any atom is -0.488 e. The summed E-state index contributed by atoms with van der Waals surface area (Å²) >= 11 is 13.0. The lowest BCUT2D eigenvalue weighted by atomic mass is 10.1. The molecule has 3 aromatic carbocycles. The van der Waals surface area contributed by atoms with Gasteiger partial charge in [-0.1, -0.05) is 66.5 Å². The van der Waals surface area contributed by atoms with Crippen molar-refractivity contribution in [2.75, 3.05) is 11.9 Å². The quantitative estimate of drug-likeness (QED) is 0.317. The number of hydrogen-bond acceptors (Lipinski definition) is 5. The van der Waals surface area contributed by atoms with Gasteiger partial charge in [0.1, 0.15) is 18.9 Å². The SMILES string of the molecule is CCc1ccc(NC(=O)CN2C(=O)S/C(=C/c3ccccc3OCc3ccc(Cl)cc3Cl)C2=O)cc1. The van der Waals surface area contributed by atoms with E-state index in [-0.39, 0.29) is 18.1 Å². The molecule has 9 heteroatoms. The second-order valence-corrected chi connectivity index (χ2v) is 9.77. The molecule has 6 nitrogen and oxygen atoms in total. The van der Waals surface area contributed by atoms with E-state index in [1.165, 1.54) is 0 Å². The number of thioether (sulfide) groups is 1. The number of para-hydroxylation sites is 1. The number of rotatable bonds is 8. The van der Waals surface area contributed by atoms with E-state index in [0.29, 0.717) is 27.0 Å². The van der Waals surface area contributed by atoms with Gasteiger partial charge in [0, 0.05) is 26.9 Å². The summed E-state index contributed by atoms with van der Waals surface area (Å²) in [7, 11) is 0. The van der Waals surface area contributed by atoms with Crippen molar-refractivity contribution in [2.24, 2.45) is 0 Å². The summed E-state index contributed by atoms with van der Waals surface area (Å²) in [5, 5.41) is 3.23. The summed E-state index contributed by atoms with van der Waals surface area (Å²) in [6, 6.07) is 19.7. The third-order valence-electron chi connectivity index (χ3n) is 5.43. The molecule has 0 radical (unpaired) electrons. The molecule has 184 valence electrons. The molecule has 1 aliphatic rings. The zero-order valence-electron chi connectivity index (χ0n) is 19.3. The molecule has 1 fully saturated rings. The highest BCUT2D eigenvalue weighted by Gasteiger charge is 2.36. The first-order valence-electron chi connectivity index (χ1n) is 11.1. The summed E-state index contributed by atoms with van der Waals surface area (Å²) in [5.74, 6) is -0.466. The number of anilines is 1. The molecule has 1 heterocycles. The van der Waals surface area contributed by atoms with Crippen LogP contribution in [0.4, 0.5) is 10.5 Å². The number of imide groups is 1. The zero-order valence-corrected chi connectivity index (χ0v) is 21.6. The molecular weight excluding hydrogens is 519 g/mol. The van der Waals surface area contributed by atoms with Gasteiger partial charge in [0.25, 0.3) is 11.1 Å². The van der Waals surface area contributed by atoms with Crippen molar-refractivity contribution in [1.29, 1.82) is 0 Å². The average Bonchev–Trinajstić information content (AvgIpc) is 3.12. The summed E-state index contributed by atoms with van der Waals surface area (Å²) in [6.07, 6.45) is 2.48. The number of nitrogens with zero attached hydrogens (tertiary/aromatic N) is 1. The molecule has 1 saturated heterocycles. The fourth-order valence-electron chi connectivity index (χ4n) is 3.47. The van der Waals surface area contributed by atoms with Crippen LogP contribution < -0.4 is 10.1 Å². The summed E-state index contributed by atoms with van der Waals surface area (Å²) in [4.78, 5) is 39.1.